The van der Waals surface area contributed by atoms with E-state index in [0.29, 0.717) is 22.6 Å². The van der Waals surface area contributed by atoms with Gasteiger partial charge in [-0.05, 0) is 42.0 Å². The Hall–Kier alpha value is -4.85. The molecule has 4 rings (SSSR count). The first-order valence-corrected chi connectivity index (χ1v) is 11.2. The highest BCUT2D eigenvalue weighted by molar-refractivity contribution is 6.06. The van der Waals surface area contributed by atoms with Crippen molar-refractivity contribution in [2.45, 2.75) is 0 Å². The number of methoxy groups -OCH3 is 2. The number of para-hydroxylation sites is 1. The molecule has 0 spiro atoms. The summed E-state index contributed by atoms with van der Waals surface area (Å²) in [4.78, 5) is 25.9. The molecule has 0 saturated carbocycles. The van der Waals surface area contributed by atoms with Crippen LogP contribution in [0, 0.1) is 0 Å². The highest BCUT2D eigenvalue weighted by Gasteiger charge is 2.15. The minimum atomic E-state index is -0.578. The van der Waals surface area contributed by atoms with Gasteiger partial charge in [0, 0.05) is 35.3 Å². The molecular formula is C28H26N4O4. The molecule has 0 aliphatic heterocycles. The van der Waals surface area contributed by atoms with Crippen molar-refractivity contribution in [3.8, 4) is 11.5 Å². The Kier molecular flexibility index (Phi) is 7.45. The van der Waals surface area contributed by atoms with Crippen molar-refractivity contribution in [1.82, 2.24) is 15.3 Å². The zero-order valence-electron chi connectivity index (χ0n) is 20.2. The van der Waals surface area contributed by atoms with E-state index in [9.17, 15) is 9.59 Å². The molecule has 0 bridgehead atoms. The lowest BCUT2D eigenvalue weighted by atomic mass is 10.1. The van der Waals surface area contributed by atoms with Crippen molar-refractivity contribution < 1.29 is 19.1 Å². The van der Waals surface area contributed by atoms with Crippen molar-refractivity contribution in [3.63, 3.8) is 0 Å². The maximum Gasteiger partial charge on any atom is 0.287 e. The largest absolute Gasteiger partial charge is 0.493 e. The molecule has 0 saturated heterocycles. The van der Waals surface area contributed by atoms with Crippen molar-refractivity contribution in [3.05, 3.63) is 101 Å². The van der Waals surface area contributed by atoms with Gasteiger partial charge in [-0.1, -0.05) is 42.5 Å². The molecule has 8 nitrogen and oxygen atoms in total. The second-order valence-corrected chi connectivity index (χ2v) is 7.90. The fourth-order valence-electron chi connectivity index (χ4n) is 3.75. The molecule has 0 fully saturated rings. The van der Waals surface area contributed by atoms with Crippen LogP contribution in [0.3, 0.4) is 0 Å². The van der Waals surface area contributed by atoms with Gasteiger partial charge in [-0.15, -0.1) is 0 Å². The third kappa shape index (κ3) is 5.44. The number of aryl methyl sites for hydroxylation is 1. The van der Waals surface area contributed by atoms with E-state index in [-0.39, 0.29) is 5.70 Å². The van der Waals surface area contributed by atoms with Crippen LogP contribution in [0.2, 0.25) is 0 Å². The predicted molar refractivity (Wildman–Crippen MR) is 140 cm³/mol. The number of hydrogen-bond acceptors (Lipinski definition) is 5. The number of aromatic nitrogens is 1. The third-order valence-electron chi connectivity index (χ3n) is 5.54. The second-order valence-electron chi connectivity index (χ2n) is 7.90. The number of carbonyl (C=O) groups is 2. The summed E-state index contributed by atoms with van der Waals surface area (Å²) in [6, 6.07) is 21.7. The first-order valence-electron chi connectivity index (χ1n) is 11.2. The topological polar surface area (TPSA) is 94.0 Å². The second kappa shape index (κ2) is 11.1. The monoisotopic (exact) mass is 482 g/mol. The Morgan fingerprint density at radius 3 is 2.39 bits per heavy atom. The van der Waals surface area contributed by atoms with Crippen molar-refractivity contribution >= 4 is 35.0 Å². The van der Waals surface area contributed by atoms with E-state index in [1.807, 2.05) is 48.1 Å². The molecule has 1 heterocycles. The average molecular weight is 483 g/mol. The Morgan fingerprint density at radius 2 is 1.64 bits per heavy atom. The van der Waals surface area contributed by atoms with Crippen LogP contribution in [0.5, 0.6) is 11.5 Å². The summed E-state index contributed by atoms with van der Waals surface area (Å²) >= 11 is 0. The van der Waals surface area contributed by atoms with Crippen LogP contribution in [0.4, 0.5) is 0 Å². The van der Waals surface area contributed by atoms with Crippen LogP contribution >= 0.6 is 0 Å². The molecule has 2 N–H and O–H groups in total. The van der Waals surface area contributed by atoms with E-state index in [1.54, 1.807) is 61.9 Å². The number of nitrogens with zero attached hydrogens (tertiary/aromatic N) is 2. The summed E-state index contributed by atoms with van der Waals surface area (Å²) in [6.07, 6.45) is 5.05. The highest BCUT2D eigenvalue weighted by Crippen LogP contribution is 2.28. The SMILES string of the molecule is COc1ccc(/C=C(/NC(=O)c2ccccc2)C(=O)N/N=C/c2cn(C)c3ccccc23)cc1OC. The number of hydrogen-bond donors (Lipinski definition) is 2. The molecule has 4 aromatic rings. The van der Waals surface area contributed by atoms with Gasteiger partial charge in [0.05, 0.1) is 20.4 Å². The molecule has 36 heavy (non-hydrogen) atoms. The Labute approximate surface area is 208 Å². The van der Waals surface area contributed by atoms with Crippen LogP contribution in [-0.2, 0) is 11.8 Å². The van der Waals surface area contributed by atoms with Crippen LogP contribution in [0.15, 0.2) is 89.8 Å². The van der Waals surface area contributed by atoms with Gasteiger partial charge in [-0.2, -0.15) is 5.10 Å². The van der Waals surface area contributed by atoms with Crippen molar-refractivity contribution in [1.29, 1.82) is 0 Å². The van der Waals surface area contributed by atoms with Crippen LogP contribution in [0.1, 0.15) is 21.5 Å². The Bertz CT molecular complexity index is 1460. The summed E-state index contributed by atoms with van der Waals surface area (Å²) in [5, 5.41) is 7.83. The number of fused-ring (bicyclic) bond motifs is 1. The Morgan fingerprint density at radius 1 is 0.917 bits per heavy atom. The first kappa shape index (κ1) is 24.3. The molecule has 8 heteroatoms. The minimum Gasteiger partial charge on any atom is -0.493 e. The van der Waals surface area contributed by atoms with Gasteiger partial charge in [-0.3, -0.25) is 9.59 Å². The summed E-state index contributed by atoms with van der Waals surface area (Å²) in [5.74, 6) is 0.0455. The summed E-state index contributed by atoms with van der Waals surface area (Å²) in [6.45, 7) is 0. The van der Waals surface area contributed by atoms with E-state index in [2.05, 4.69) is 15.8 Å². The standard InChI is InChI=1S/C28H26N4O4/c1-32-18-21(22-11-7-8-12-24(22)32)17-29-31-28(34)23(30-27(33)20-9-5-4-6-10-20)15-19-13-14-25(35-2)26(16-19)36-3/h4-18H,1-3H3,(H,30,33)(H,31,34)/b23-15+,29-17+. The average Bonchev–Trinajstić information content (AvgIpc) is 3.23. The Balaban J connectivity index is 1.60. The fraction of sp³-hybridized carbons (Fsp3) is 0.107. The van der Waals surface area contributed by atoms with E-state index in [4.69, 9.17) is 9.47 Å². The van der Waals surface area contributed by atoms with Gasteiger partial charge in [0.15, 0.2) is 11.5 Å². The molecule has 0 unspecified atom stereocenters. The normalized spacial score (nSPS) is 11.5. The van der Waals surface area contributed by atoms with Crippen LogP contribution in [0.25, 0.3) is 17.0 Å². The lowest BCUT2D eigenvalue weighted by Gasteiger charge is -2.11. The summed E-state index contributed by atoms with van der Waals surface area (Å²) < 4.78 is 12.6. The molecule has 0 aliphatic rings. The van der Waals surface area contributed by atoms with Gasteiger partial charge in [0.2, 0.25) is 0 Å². The molecule has 1 aromatic heterocycles. The summed E-state index contributed by atoms with van der Waals surface area (Å²) in [5.41, 5.74) is 5.49. The number of ether oxygens (including phenoxy) is 2. The van der Waals surface area contributed by atoms with Gasteiger partial charge in [-0.25, -0.2) is 5.43 Å². The van der Waals surface area contributed by atoms with E-state index in [1.165, 1.54) is 7.11 Å². The molecule has 0 radical (unpaired) electrons. The van der Waals surface area contributed by atoms with Crippen molar-refractivity contribution in [2.75, 3.05) is 14.2 Å². The number of rotatable bonds is 8. The quantitative estimate of drug-likeness (QED) is 0.224. The molecule has 182 valence electrons. The molecule has 0 aliphatic carbocycles. The zero-order valence-corrected chi connectivity index (χ0v) is 20.2. The number of nitrogens with one attached hydrogen (secondary N) is 2. The smallest absolute Gasteiger partial charge is 0.287 e. The van der Waals surface area contributed by atoms with Gasteiger partial charge in [0.1, 0.15) is 5.70 Å². The fourth-order valence-corrected chi connectivity index (χ4v) is 3.75. The predicted octanol–water partition coefficient (Wildman–Crippen LogP) is 4.12. The highest BCUT2D eigenvalue weighted by atomic mass is 16.5. The number of benzene rings is 3. The lowest BCUT2D eigenvalue weighted by molar-refractivity contribution is -0.117. The maximum absolute atomic E-state index is 13.1. The third-order valence-corrected chi connectivity index (χ3v) is 5.54. The minimum absolute atomic E-state index is 0.0196. The molecular weight excluding hydrogens is 456 g/mol. The maximum atomic E-state index is 13.1. The van der Waals surface area contributed by atoms with E-state index >= 15 is 0 Å². The number of carbonyl (C=O) groups excluding carboxylic acids is 2. The number of hydrazone groups is 1. The van der Waals surface area contributed by atoms with Crippen LogP contribution < -0.4 is 20.2 Å². The molecule has 2 amide bonds. The summed E-state index contributed by atoms with van der Waals surface area (Å²) in [7, 11) is 5.01. The van der Waals surface area contributed by atoms with Gasteiger partial charge >= 0.3 is 0 Å². The molecule has 3 aromatic carbocycles. The first-order chi connectivity index (χ1) is 17.5. The van der Waals surface area contributed by atoms with Crippen molar-refractivity contribution in [2.24, 2.45) is 12.1 Å². The molecule has 0 atom stereocenters. The number of amides is 2. The van der Waals surface area contributed by atoms with E-state index in [0.717, 1.165) is 16.5 Å². The van der Waals surface area contributed by atoms with Crippen LogP contribution in [-0.4, -0.2) is 36.8 Å². The van der Waals surface area contributed by atoms with Gasteiger partial charge < -0.3 is 19.4 Å². The zero-order chi connectivity index (χ0) is 25.5. The van der Waals surface area contributed by atoms with E-state index < -0.39 is 11.8 Å². The lowest BCUT2D eigenvalue weighted by Crippen LogP contribution is -2.32. The van der Waals surface area contributed by atoms with Gasteiger partial charge in [0.25, 0.3) is 11.8 Å².